The molecule has 1 aromatic carbocycles. The Kier molecular flexibility index (Phi) is 2.32. The van der Waals surface area contributed by atoms with E-state index in [1.807, 2.05) is 0 Å². The first-order valence-corrected chi connectivity index (χ1v) is 3.03. The Bertz CT molecular complexity index is 295. The fraction of sp³-hybridized carbons (Fsp3) is 0. The molecule has 1 aromatic rings. The molecule has 0 aliphatic carbocycles. The van der Waals surface area contributed by atoms with Crippen molar-refractivity contribution in [3.05, 3.63) is 45.3 Å². The van der Waals surface area contributed by atoms with Crippen molar-refractivity contribution >= 4 is 11.4 Å². The summed E-state index contributed by atoms with van der Waals surface area (Å²) in [4.78, 5) is 9.66. The summed E-state index contributed by atoms with van der Waals surface area (Å²) in [5, 5.41) is 12.7. The van der Waals surface area contributed by atoms with Crippen LogP contribution in [0.4, 0.5) is 11.4 Å². The Balaban J connectivity index is 2.85. The standard InChI is InChI=1S/C6H4N4O2/c7-9-8-5-1-3-6(4-2-5)10(11)12/h1-4H/q-2. The molecule has 0 amide bonds. The molecule has 0 aliphatic heterocycles. The zero-order valence-electron chi connectivity index (χ0n) is 5.91. The van der Waals surface area contributed by atoms with E-state index < -0.39 is 4.92 Å². The van der Waals surface area contributed by atoms with Crippen LogP contribution in [0.1, 0.15) is 0 Å². The molecule has 0 unspecified atom stereocenters. The maximum Gasteiger partial charge on any atom is 0.269 e. The number of benzene rings is 1. The smallest absolute Gasteiger partial charge is 0.269 e. The first-order valence-electron chi connectivity index (χ1n) is 3.03. The van der Waals surface area contributed by atoms with E-state index in [-0.39, 0.29) is 5.69 Å². The number of hydrogen-bond acceptors (Lipinski definition) is 3. The minimum atomic E-state index is -0.514. The highest BCUT2D eigenvalue weighted by Gasteiger charge is 1.99. The predicted octanol–water partition coefficient (Wildman–Crippen LogP) is 2.54. The topological polar surface area (TPSA) is 91.9 Å². The summed E-state index contributed by atoms with van der Waals surface area (Å²) >= 11 is 0. The molecule has 0 aliphatic rings. The second kappa shape index (κ2) is 3.42. The number of nitrogens with zero attached hydrogens (tertiary/aromatic N) is 4. The summed E-state index contributed by atoms with van der Waals surface area (Å²) in [6.45, 7) is 0. The fourth-order valence-electron chi connectivity index (χ4n) is 0.693. The largest absolute Gasteiger partial charge is 0.729 e. The fourth-order valence-corrected chi connectivity index (χ4v) is 0.693. The van der Waals surface area contributed by atoms with Gasteiger partial charge in [0, 0.05) is 12.1 Å². The monoisotopic (exact) mass is 164 g/mol. The van der Waals surface area contributed by atoms with Gasteiger partial charge in [-0.3, -0.25) is 10.1 Å². The van der Waals surface area contributed by atoms with Crippen molar-refractivity contribution in [1.29, 1.82) is 0 Å². The van der Waals surface area contributed by atoms with E-state index in [0.717, 1.165) is 0 Å². The molecule has 0 N–H and O–H groups in total. The zero-order chi connectivity index (χ0) is 8.97. The maximum atomic E-state index is 10.2. The third kappa shape index (κ3) is 1.75. The minimum absolute atomic E-state index is 0.0214. The maximum absolute atomic E-state index is 10.2. The highest BCUT2D eigenvalue weighted by molar-refractivity contribution is 5.51. The molecule has 6 heteroatoms. The molecule has 6 nitrogen and oxygen atoms in total. The summed E-state index contributed by atoms with van der Waals surface area (Å²) in [6.07, 6.45) is 0. The number of nitro groups is 1. The van der Waals surface area contributed by atoms with E-state index in [0.29, 0.717) is 5.69 Å². The molecule has 0 radical (unpaired) electrons. The van der Waals surface area contributed by atoms with Crippen molar-refractivity contribution in [2.75, 3.05) is 0 Å². The molecule has 0 heterocycles. The predicted molar refractivity (Wildman–Crippen MR) is 41.9 cm³/mol. The number of nitro benzene ring substituents is 1. The van der Waals surface area contributed by atoms with E-state index >= 15 is 0 Å². The first kappa shape index (κ1) is 8.12. The van der Waals surface area contributed by atoms with E-state index in [1.165, 1.54) is 24.3 Å². The van der Waals surface area contributed by atoms with Crippen molar-refractivity contribution in [3.8, 4) is 0 Å². The second-order valence-corrected chi connectivity index (χ2v) is 1.96. The van der Waals surface area contributed by atoms with Crippen LogP contribution in [0, 0.1) is 10.1 Å². The Hall–Kier alpha value is -1.98. The third-order valence-electron chi connectivity index (χ3n) is 1.22. The average molecular weight is 164 g/mol. The summed E-state index contributed by atoms with van der Waals surface area (Å²) in [5.74, 6) is 0. The molecule has 0 atom stereocenters. The van der Waals surface area contributed by atoms with Crippen molar-refractivity contribution in [2.45, 2.75) is 0 Å². The van der Waals surface area contributed by atoms with Crippen LogP contribution < -0.4 is 0 Å². The highest BCUT2D eigenvalue weighted by Crippen LogP contribution is 2.21. The van der Waals surface area contributed by atoms with Gasteiger partial charge >= 0.3 is 0 Å². The van der Waals surface area contributed by atoms with Gasteiger partial charge in [0.25, 0.3) is 5.69 Å². The number of hydrogen-bond donors (Lipinski definition) is 0. The SMILES string of the molecule is [N-]=N[N-]c1ccc([N+](=O)[O-])cc1. The lowest BCUT2D eigenvalue weighted by Gasteiger charge is -2.17. The molecule has 0 saturated heterocycles. The second-order valence-electron chi connectivity index (χ2n) is 1.96. The van der Waals surface area contributed by atoms with Gasteiger partial charge in [-0.2, -0.15) is 0 Å². The Morgan fingerprint density at radius 3 is 2.42 bits per heavy atom. The lowest BCUT2D eigenvalue weighted by molar-refractivity contribution is -0.384. The van der Waals surface area contributed by atoms with E-state index in [9.17, 15) is 10.1 Å². The molecule has 0 fully saturated rings. The summed E-state index contributed by atoms with van der Waals surface area (Å²) in [5.41, 5.74) is 11.6. The minimum Gasteiger partial charge on any atom is -0.729 e. The van der Waals surface area contributed by atoms with Crippen molar-refractivity contribution in [1.82, 2.24) is 0 Å². The molecule has 1 rings (SSSR count). The van der Waals surface area contributed by atoms with Gasteiger partial charge in [0.15, 0.2) is 0 Å². The quantitative estimate of drug-likeness (QED) is 0.390. The van der Waals surface area contributed by atoms with Crippen LogP contribution in [-0.2, 0) is 0 Å². The van der Waals surface area contributed by atoms with Crippen molar-refractivity contribution in [3.63, 3.8) is 0 Å². The molecule has 0 spiro atoms. The first-order chi connectivity index (χ1) is 5.74. The third-order valence-corrected chi connectivity index (χ3v) is 1.22. The highest BCUT2D eigenvalue weighted by atomic mass is 16.6. The Labute approximate surface area is 67.8 Å². The van der Waals surface area contributed by atoms with Crippen LogP contribution in [0.25, 0.3) is 11.0 Å². The molecule has 0 saturated carbocycles. The molecular formula is C6H4N4O2-2. The molecular weight excluding hydrogens is 160 g/mol. The Morgan fingerprint density at radius 1 is 1.42 bits per heavy atom. The lowest BCUT2D eigenvalue weighted by atomic mass is 10.3. The number of rotatable bonds is 3. The van der Waals surface area contributed by atoms with Crippen LogP contribution in [0.15, 0.2) is 29.5 Å². The van der Waals surface area contributed by atoms with Gasteiger partial charge < -0.3 is 16.2 Å². The molecule has 62 valence electrons. The van der Waals surface area contributed by atoms with Gasteiger partial charge in [-0.05, 0) is 0 Å². The van der Waals surface area contributed by atoms with E-state index in [1.54, 1.807) is 0 Å². The molecule has 12 heavy (non-hydrogen) atoms. The van der Waals surface area contributed by atoms with Crippen molar-refractivity contribution in [2.24, 2.45) is 5.22 Å². The van der Waals surface area contributed by atoms with Crippen LogP contribution in [0.3, 0.4) is 0 Å². The summed E-state index contributed by atoms with van der Waals surface area (Å²) in [6, 6.07) is 5.34. The van der Waals surface area contributed by atoms with E-state index in [2.05, 4.69) is 10.6 Å². The normalized spacial score (nSPS) is 9.00. The van der Waals surface area contributed by atoms with Gasteiger partial charge in [0.2, 0.25) is 0 Å². The Morgan fingerprint density at radius 2 is 2.00 bits per heavy atom. The zero-order valence-corrected chi connectivity index (χ0v) is 5.91. The van der Waals surface area contributed by atoms with Crippen LogP contribution >= 0.6 is 0 Å². The molecule has 0 aromatic heterocycles. The van der Waals surface area contributed by atoms with Crippen LogP contribution in [0.2, 0.25) is 0 Å². The van der Waals surface area contributed by atoms with E-state index in [4.69, 9.17) is 5.53 Å². The van der Waals surface area contributed by atoms with Gasteiger partial charge in [-0.15, -0.1) is 5.69 Å². The number of non-ortho nitro benzene ring substituents is 1. The van der Waals surface area contributed by atoms with Crippen molar-refractivity contribution < 1.29 is 4.92 Å². The van der Waals surface area contributed by atoms with Crippen LogP contribution in [0.5, 0.6) is 0 Å². The summed E-state index contributed by atoms with van der Waals surface area (Å²) < 4.78 is 0. The lowest BCUT2D eigenvalue weighted by Crippen LogP contribution is -1.85. The average Bonchev–Trinajstić information content (AvgIpc) is 2.06. The summed E-state index contributed by atoms with van der Waals surface area (Å²) in [7, 11) is 0. The van der Waals surface area contributed by atoms with Crippen LogP contribution in [-0.4, -0.2) is 4.92 Å². The van der Waals surface area contributed by atoms with Gasteiger partial charge in [0.1, 0.15) is 0 Å². The van der Waals surface area contributed by atoms with Gasteiger partial charge in [0.05, 0.1) is 4.92 Å². The van der Waals surface area contributed by atoms with Gasteiger partial charge in [-0.1, -0.05) is 12.1 Å². The molecule has 0 bridgehead atoms. The van der Waals surface area contributed by atoms with Gasteiger partial charge in [-0.25, -0.2) is 0 Å².